The third kappa shape index (κ3) is 2.72. The number of aliphatic hydroxyl groups is 1. The quantitative estimate of drug-likeness (QED) is 0.895. The van der Waals surface area contributed by atoms with Gasteiger partial charge in [0, 0.05) is 30.6 Å². The van der Waals surface area contributed by atoms with Crippen LogP contribution in [-0.4, -0.2) is 35.2 Å². The van der Waals surface area contributed by atoms with E-state index in [1.807, 2.05) is 19.1 Å². The number of halogens is 1. The van der Waals surface area contributed by atoms with Crippen LogP contribution < -0.4 is 5.73 Å². The van der Waals surface area contributed by atoms with Crippen LogP contribution in [0.4, 0.5) is 4.39 Å². The summed E-state index contributed by atoms with van der Waals surface area (Å²) in [5.41, 5.74) is 7.01. The van der Waals surface area contributed by atoms with E-state index < -0.39 is 0 Å². The van der Waals surface area contributed by atoms with Gasteiger partial charge in [0.15, 0.2) is 0 Å². The molecule has 1 aromatic rings. The smallest absolute Gasteiger partial charge is 0.128 e. The van der Waals surface area contributed by atoms with Crippen LogP contribution >= 0.6 is 0 Å². The molecule has 0 amide bonds. The maximum Gasteiger partial charge on any atom is 0.128 e. The molecule has 0 radical (unpaired) electrons. The van der Waals surface area contributed by atoms with Crippen LogP contribution in [0.15, 0.2) is 24.3 Å². The summed E-state index contributed by atoms with van der Waals surface area (Å²) >= 11 is 0. The van der Waals surface area contributed by atoms with Gasteiger partial charge in [-0.15, -0.1) is 0 Å². The standard InChI is InChI=1S/C17H25FN2O/c1-2-15(19)17(12-5-3-4-6-14(12)18)20-9-11-7-8-16(21)13(11)10-20/h3-6,11,13,15-17,21H,2,7-10,19H2,1H3. The molecule has 5 atom stereocenters. The van der Waals surface area contributed by atoms with Gasteiger partial charge in [-0.25, -0.2) is 4.39 Å². The summed E-state index contributed by atoms with van der Waals surface area (Å²) in [4.78, 5) is 2.30. The Morgan fingerprint density at radius 2 is 2.10 bits per heavy atom. The van der Waals surface area contributed by atoms with Crippen LogP contribution in [0.3, 0.4) is 0 Å². The van der Waals surface area contributed by atoms with Crippen LogP contribution in [-0.2, 0) is 0 Å². The van der Waals surface area contributed by atoms with Gasteiger partial charge >= 0.3 is 0 Å². The summed E-state index contributed by atoms with van der Waals surface area (Å²) in [7, 11) is 0. The highest BCUT2D eigenvalue weighted by Gasteiger charge is 2.45. The zero-order chi connectivity index (χ0) is 15.0. The molecule has 2 aliphatic rings. The van der Waals surface area contributed by atoms with Crippen LogP contribution in [0.1, 0.15) is 37.8 Å². The lowest BCUT2D eigenvalue weighted by Gasteiger charge is -2.33. The third-order valence-electron chi connectivity index (χ3n) is 5.34. The molecule has 3 nitrogen and oxygen atoms in total. The molecule has 5 unspecified atom stereocenters. The minimum Gasteiger partial charge on any atom is -0.393 e. The average Bonchev–Trinajstić information content (AvgIpc) is 3.04. The van der Waals surface area contributed by atoms with Crippen molar-refractivity contribution in [1.29, 1.82) is 0 Å². The topological polar surface area (TPSA) is 49.5 Å². The zero-order valence-electron chi connectivity index (χ0n) is 12.6. The Labute approximate surface area is 125 Å². The average molecular weight is 292 g/mol. The van der Waals surface area contributed by atoms with Crippen LogP contribution in [0, 0.1) is 17.7 Å². The first-order chi connectivity index (χ1) is 10.1. The number of aliphatic hydroxyl groups excluding tert-OH is 1. The molecular weight excluding hydrogens is 267 g/mol. The first kappa shape index (κ1) is 14.9. The van der Waals surface area contributed by atoms with Crippen molar-refractivity contribution in [3.8, 4) is 0 Å². The van der Waals surface area contributed by atoms with Crippen molar-refractivity contribution in [3.05, 3.63) is 35.6 Å². The molecule has 1 aromatic carbocycles. The van der Waals surface area contributed by atoms with E-state index >= 15 is 0 Å². The van der Waals surface area contributed by atoms with E-state index in [9.17, 15) is 9.50 Å². The van der Waals surface area contributed by atoms with Gasteiger partial charge in [0.2, 0.25) is 0 Å². The SMILES string of the molecule is CCC(N)C(c1ccccc1F)N1CC2CCC(O)C2C1. The highest BCUT2D eigenvalue weighted by molar-refractivity contribution is 5.23. The molecule has 4 heteroatoms. The fraction of sp³-hybridized carbons (Fsp3) is 0.647. The molecule has 1 saturated carbocycles. The summed E-state index contributed by atoms with van der Waals surface area (Å²) in [5.74, 6) is 0.700. The Hall–Kier alpha value is -0.970. The van der Waals surface area contributed by atoms with Crippen LogP contribution in [0.5, 0.6) is 0 Å². The zero-order valence-corrected chi connectivity index (χ0v) is 12.6. The van der Waals surface area contributed by atoms with Crippen molar-refractivity contribution in [2.75, 3.05) is 13.1 Å². The van der Waals surface area contributed by atoms with E-state index in [2.05, 4.69) is 4.90 Å². The molecule has 116 valence electrons. The number of rotatable bonds is 4. The Balaban J connectivity index is 1.86. The normalized spacial score (nSPS) is 32.1. The van der Waals surface area contributed by atoms with E-state index in [4.69, 9.17) is 5.73 Å². The van der Waals surface area contributed by atoms with Gasteiger partial charge in [-0.1, -0.05) is 25.1 Å². The Bertz CT molecular complexity index is 495. The Kier molecular flexibility index (Phi) is 4.29. The van der Waals surface area contributed by atoms with Gasteiger partial charge in [-0.3, -0.25) is 4.90 Å². The second-order valence-corrected chi connectivity index (χ2v) is 6.56. The first-order valence-corrected chi connectivity index (χ1v) is 8.04. The van der Waals surface area contributed by atoms with E-state index in [1.165, 1.54) is 6.07 Å². The molecule has 0 spiro atoms. The lowest BCUT2D eigenvalue weighted by atomic mass is 9.96. The van der Waals surface area contributed by atoms with Crippen molar-refractivity contribution >= 4 is 0 Å². The molecule has 1 heterocycles. The molecule has 1 aliphatic heterocycles. The number of nitrogens with zero attached hydrogens (tertiary/aromatic N) is 1. The molecule has 21 heavy (non-hydrogen) atoms. The van der Waals surface area contributed by atoms with Gasteiger partial charge < -0.3 is 10.8 Å². The Morgan fingerprint density at radius 3 is 2.76 bits per heavy atom. The summed E-state index contributed by atoms with van der Waals surface area (Å²) in [6.07, 6.45) is 2.60. The highest BCUT2D eigenvalue weighted by atomic mass is 19.1. The number of hydrogen-bond acceptors (Lipinski definition) is 3. The second-order valence-electron chi connectivity index (χ2n) is 6.56. The maximum absolute atomic E-state index is 14.2. The highest BCUT2D eigenvalue weighted by Crippen LogP contribution is 2.42. The molecule has 0 bridgehead atoms. The molecule has 0 aromatic heterocycles. The predicted molar refractivity (Wildman–Crippen MR) is 81.2 cm³/mol. The van der Waals surface area contributed by atoms with Crippen molar-refractivity contribution in [2.45, 2.75) is 44.4 Å². The van der Waals surface area contributed by atoms with Crippen LogP contribution in [0.2, 0.25) is 0 Å². The molecule has 1 saturated heterocycles. The number of nitrogens with two attached hydrogens (primary N) is 1. The molecule has 1 aliphatic carbocycles. The number of benzene rings is 1. The fourth-order valence-corrected chi connectivity index (χ4v) is 4.13. The summed E-state index contributed by atoms with van der Waals surface area (Å²) in [6, 6.07) is 6.78. The lowest BCUT2D eigenvalue weighted by molar-refractivity contribution is 0.113. The second kappa shape index (κ2) is 6.03. The molecular formula is C17H25FN2O. The predicted octanol–water partition coefficient (Wildman–Crippen LogP) is 2.31. The van der Waals surface area contributed by atoms with Crippen molar-refractivity contribution in [3.63, 3.8) is 0 Å². The monoisotopic (exact) mass is 292 g/mol. The molecule has 3 N–H and O–H groups in total. The maximum atomic E-state index is 14.2. The van der Waals surface area contributed by atoms with Crippen molar-refractivity contribution in [1.82, 2.24) is 4.90 Å². The number of likely N-dealkylation sites (tertiary alicyclic amines) is 1. The molecule has 2 fully saturated rings. The largest absolute Gasteiger partial charge is 0.393 e. The van der Waals surface area contributed by atoms with Crippen molar-refractivity contribution in [2.24, 2.45) is 17.6 Å². The van der Waals surface area contributed by atoms with E-state index in [0.29, 0.717) is 17.4 Å². The molecule has 3 rings (SSSR count). The number of hydrogen-bond donors (Lipinski definition) is 2. The van der Waals surface area contributed by atoms with Gasteiger partial charge in [0.05, 0.1) is 12.1 Å². The van der Waals surface area contributed by atoms with Crippen molar-refractivity contribution < 1.29 is 9.50 Å². The number of fused-ring (bicyclic) bond motifs is 1. The summed E-state index contributed by atoms with van der Waals surface area (Å²) in [6.45, 7) is 3.80. The van der Waals surface area contributed by atoms with Gasteiger partial charge in [-0.05, 0) is 31.2 Å². The minimum absolute atomic E-state index is 0.0853. The van der Waals surface area contributed by atoms with E-state index in [0.717, 1.165) is 32.4 Å². The lowest BCUT2D eigenvalue weighted by Crippen LogP contribution is -2.41. The first-order valence-electron chi connectivity index (χ1n) is 8.04. The minimum atomic E-state index is -0.195. The van der Waals surface area contributed by atoms with Gasteiger partial charge in [0.25, 0.3) is 0 Å². The fourth-order valence-electron chi connectivity index (χ4n) is 4.13. The van der Waals surface area contributed by atoms with E-state index in [-0.39, 0.29) is 24.0 Å². The van der Waals surface area contributed by atoms with Gasteiger partial charge in [0.1, 0.15) is 5.82 Å². The Morgan fingerprint density at radius 1 is 1.33 bits per heavy atom. The van der Waals surface area contributed by atoms with Gasteiger partial charge in [-0.2, -0.15) is 0 Å². The van der Waals surface area contributed by atoms with E-state index in [1.54, 1.807) is 6.07 Å². The van der Waals surface area contributed by atoms with Crippen LogP contribution in [0.25, 0.3) is 0 Å². The third-order valence-corrected chi connectivity index (χ3v) is 5.34. The summed E-state index contributed by atoms with van der Waals surface area (Å²) < 4.78 is 14.2. The summed E-state index contributed by atoms with van der Waals surface area (Å²) in [5, 5.41) is 10.1.